The van der Waals surface area contributed by atoms with Crippen molar-refractivity contribution in [2.45, 2.75) is 13.3 Å². The van der Waals surface area contributed by atoms with Crippen LogP contribution in [0.25, 0.3) is 11.5 Å². The van der Waals surface area contributed by atoms with Gasteiger partial charge >= 0.3 is 11.7 Å². The summed E-state index contributed by atoms with van der Waals surface area (Å²) in [5, 5.41) is 11.5. The molecule has 0 amide bonds. The molecule has 0 bridgehead atoms. The molecule has 1 heterocycles. The van der Waals surface area contributed by atoms with Crippen LogP contribution in [0.15, 0.2) is 48.5 Å². The molecule has 0 aliphatic carbocycles. The predicted molar refractivity (Wildman–Crippen MR) is 81.5 cm³/mol. The summed E-state index contributed by atoms with van der Waals surface area (Å²) in [6, 6.07) is 13.7. The molecule has 0 radical (unpaired) electrons. The van der Waals surface area contributed by atoms with E-state index in [0.717, 1.165) is 12.0 Å². The number of hydrogen-bond donors (Lipinski definition) is 0. The molecule has 5 nitrogen and oxygen atoms in total. The first-order valence-electron chi connectivity index (χ1n) is 6.91. The first kappa shape index (κ1) is 14.0. The second-order valence-corrected chi connectivity index (χ2v) is 4.92. The Balaban J connectivity index is 2.19. The van der Waals surface area contributed by atoms with Crippen LogP contribution < -0.4 is 0 Å². The molecule has 5 heteroatoms. The van der Waals surface area contributed by atoms with Crippen molar-refractivity contribution in [2.24, 2.45) is 0 Å². The molecule has 0 saturated heterocycles. The standard InChI is InChI=1S/C17H13NO4/c1-2-11-7-9-12(10-8-11)15(18(20)21)16-13-5-3-4-6-14(13)17(19)22-16/h3-10H,2H2,1H3/b16-15+. The van der Waals surface area contributed by atoms with Crippen molar-refractivity contribution in [1.29, 1.82) is 0 Å². The highest BCUT2D eigenvalue weighted by Crippen LogP contribution is 2.35. The van der Waals surface area contributed by atoms with E-state index in [4.69, 9.17) is 4.74 Å². The van der Waals surface area contributed by atoms with Crippen LogP contribution in [0.2, 0.25) is 0 Å². The van der Waals surface area contributed by atoms with E-state index in [1.54, 1.807) is 36.4 Å². The third-order valence-corrected chi connectivity index (χ3v) is 3.62. The molecule has 22 heavy (non-hydrogen) atoms. The van der Waals surface area contributed by atoms with Crippen molar-refractivity contribution in [1.82, 2.24) is 0 Å². The topological polar surface area (TPSA) is 69.4 Å². The first-order chi connectivity index (χ1) is 10.6. The Morgan fingerprint density at radius 3 is 2.32 bits per heavy atom. The van der Waals surface area contributed by atoms with Gasteiger partial charge in [-0.05, 0) is 30.2 Å². The predicted octanol–water partition coefficient (Wildman–Crippen LogP) is 3.52. The molecule has 0 fully saturated rings. The Morgan fingerprint density at radius 1 is 1.09 bits per heavy atom. The van der Waals surface area contributed by atoms with E-state index in [9.17, 15) is 14.9 Å². The molecule has 0 unspecified atom stereocenters. The number of rotatable bonds is 3. The zero-order valence-corrected chi connectivity index (χ0v) is 11.9. The largest absolute Gasteiger partial charge is 0.415 e. The van der Waals surface area contributed by atoms with Crippen molar-refractivity contribution in [2.75, 3.05) is 0 Å². The summed E-state index contributed by atoms with van der Waals surface area (Å²) in [5.74, 6) is -0.551. The lowest BCUT2D eigenvalue weighted by molar-refractivity contribution is -0.375. The number of carbonyl (C=O) groups excluding carboxylic acids is 1. The zero-order chi connectivity index (χ0) is 15.7. The van der Waals surface area contributed by atoms with E-state index in [1.165, 1.54) is 0 Å². The molecular weight excluding hydrogens is 282 g/mol. The van der Waals surface area contributed by atoms with Crippen LogP contribution in [0.1, 0.15) is 34.0 Å². The van der Waals surface area contributed by atoms with Gasteiger partial charge in [0.2, 0.25) is 5.76 Å². The lowest BCUT2D eigenvalue weighted by Crippen LogP contribution is -2.03. The number of fused-ring (bicyclic) bond motifs is 1. The fraction of sp³-hybridized carbons (Fsp3) is 0.118. The van der Waals surface area contributed by atoms with Crippen LogP contribution in [0.5, 0.6) is 0 Å². The van der Waals surface area contributed by atoms with Crippen LogP contribution >= 0.6 is 0 Å². The quantitative estimate of drug-likeness (QED) is 0.493. The molecule has 0 N–H and O–H groups in total. The van der Waals surface area contributed by atoms with Crippen LogP contribution in [0.3, 0.4) is 0 Å². The third-order valence-electron chi connectivity index (χ3n) is 3.62. The number of aryl methyl sites for hydroxylation is 1. The summed E-state index contributed by atoms with van der Waals surface area (Å²) < 4.78 is 5.17. The molecule has 0 atom stereocenters. The summed E-state index contributed by atoms with van der Waals surface area (Å²) >= 11 is 0. The Bertz CT molecular complexity index is 791. The SMILES string of the molecule is CCc1ccc(/C(=C2\OC(=O)c3ccccc32)[N+](=O)[O-])cc1. The fourth-order valence-electron chi connectivity index (χ4n) is 2.46. The normalized spacial score (nSPS) is 15.2. The maximum Gasteiger partial charge on any atom is 0.344 e. The Labute approximate surface area is 127 Å². The summed E-state index contributed by atoms with van der Waals surface area (Å²) in [6.45, 7) is 2.01. The van der Waals surface area contributed by atoms with E-state index in [2.05, 4.69) is 0 Å². The minimum atomic E-state index is -0.560. The molecule has 0 saturated carbocycles. The molecule has 3 rings (SSSR count). The average Bonchev–Trinajstić information content (AvgIpc) is 2.85. The van der Waals surface area contributed by atoms with Crippen molar-refractivity contribution in [3.63, 3.8) is 0 Å². The maximum absolute atomic E-state index is 11.9. The highest BCUT2D eigenvalue weighted by atomic mass is 16.6. The lowest BCUT2D eigenvalue weighted by Gasteiger charge is -2.04. The Kier molecular flexibility index (Phi) is 3.47. The molecule has 2 aromatic carbocycles. The van der Waals surface area contributed by atoms with Crippen molar-refractivity contribution < 1.29 is 14.5 Å². The second-order valence-electron chi connectivity index (χ2n) is 4.92. The van der Waals surface area contributed by atoms with Gasteiger partial charge in [0.25, 0.3) is 0 Å². The second kappa shape index (κ2) is 5.44. The Hall–Kier alpha value is -2.95. The van der Waals surface area contributed by atoms with Gasteiger partial charge in [-0.25, -0.2) is 4.79 Å². The number of nitro groups is 1. The van der Waals surface area contributed by atoms with Crippen molar-refractivity contribution in [3.05, 3.63) is 80.9 Å². The van der Waals surface area contributed by atoms with Crippen molar-refractivity contribution >= 4 is 17.4 Å². The number of esters is 1. The summed E-state index contributed by atoms with van der Waals surface area (Å²) in [5.41, 5.74) is 2.11. The first-order valence-corrected chi connectivity index (χ1v) is 6.91. The van der Waals surface area contributed by atoms with Gasteiger partial charge in [0.15, 0.2) is 0 Å². The number of carbonyl (C=O) groups is 1. The average molecular weight is 295 g/mol. The number of nitrogens with zero attached hydrogens (tertiary/aromatic N) is 1. The summed E-state index contributed by atoms with van der Waals surface area (Å²) in [6.07, 6.45) is 0.850. The van der Waals surface area contributed by atoms with Gasteiger partial charge in [0.05, 0.1) is 16.1 Å². The highest BCUT2D eigenvalue weighted by Gasteiger charge is 2.34. The smallest absolute Gasteiger partial charge is 0.344 e. The fourth-order valence-corrected chi connectivity index (χ4v) is 2.46. The molecular formula is C17H13NO4. The number of ether oxygens (including phenoxy) is 1. The van der Waals surface area contributed by atoms with Gasteiger partial charge < -0.3 is 4.74 Å². The summed E-state index contributed by atoms with van der Waals surface area (Å²) in [7, 11) is 0. The van der Waals surface area contributed by atoms with Gasteiger partial charge in [-0.15, -0.1) is 0 Å². The Morgan fingerprint density at radius 2 is 1.73 bits per heavy atom. The minimum Gasteiger partial charge on any atom is -0.415 e. The number of hydrogen-bond acceptors (Lipinski definition) is 4. The van der Waals surface area contributed by atoms with E-state index >= 15 is 0 Å². The van der Waals surface area contributed by atoms with Crippen LogP contribution in [-0.4, -0.2) is 10.9 Å². The van der Waals surface area contributed by atoms with Gasteiger partial charge in [0.1, 0.15) is 0 Å². The molecule has 0 aromatic heterocycles. The van der Waals surface area contributed by atoms with Crippen LogP contribution in [-0.2, 0) is 11.2 Å². The van der Waals surface area contributed by atoms with Gasteiger partial charge in [-0.3, -0.25) is 10.1 Å². The van der Waals surface area contributed by atoms with Crippen LogP contribution in [0, 0.1) is 10.1 Å². The zero-order valence-electron chi connectivity index (χ0n) is 11.9. The monoisotopic (exact) mass is 295 g/mol. The van der Waals surface area contributed by atoms with E-state index in [1.807, 2.05) is 19.1 Å². The molecule has 110 valence electrons. The third kappa shape index (κ3) is 2.26. The van der Waals surface area contributed by atoms with Crippen LogP contribution in [0.4, 0.5) is 0 Å². The maximum atomic E-state index is 11.9. The van der Waals surface area contributed by atoms with Gasteiger partial charge in [0, 0.05) is 5.56 Å². The van der Waals surface area contributed by atoms with Gasteiger partial charge in [-0.2, -0.15) is 0 Å². The van der Waals surface area contributed by atoms with Crippen molar-refractivity contribution in [3.8, 4) is 0 Å². The number of benzene rings is 2. The molecule has 0 spiro atoms. The molecule has 1 aliphatic heterocycles. The van der Waals surface area contributed by atoms with Gasteiger partial charge in [-0.1, -0.05) is 37.3 Å². The van der Waals surface area contributed by atoms with E-state index < -0.39 is 10.9 Å². The highest BCUT2D eigenvalue weighted by molar-refractivity contribution is 6.06. The minimum absolute atomic E-state index is 0.00912. The lowest BCUT2D eigenvalue weighted by atomic mass is 10.0. The molecule has 1 aliphatic rings. The van der Waals surface area contributed by atoms with E-state index in [-0.39, 0.29) is 11.5 Å². The molecule has 2 aromatic rings. The number of cyclic esters (lactones) is 1. The summed E-state index contributed by atoms with van der Waals surface area (Å²) in [4.78, 5) is 22.9. The van der Waals surface area contributed by atoms with E-state index in [0.29, 0.717) is 16.7 Å².